The Labute approximate surface area is 142 Å². The van der Waals surface area contributed by atoms with Crippen molar-refractivity contribution in [2.75, 3.05) is 18.1 Å². The molecule has 0 aliphatic rings. The Bertz CT molecular complexity index is 406. The number of nitrogens with two attached hydrogens (primary N) is 1. The summed E-state index contributed by atoms with van der Waals surface area (Å²) in [5.74, 6) is 0.154. The average Bonchev–Trinajstić information content (AvgIpc) is 2.49. The maximum absolute atomic E-state index is 12.0. The first-order chi connectivity index (χ1) is 10.6. The zero-order chi connectivity index (χ0) is 18.0. The zero-order valence-electron chi connectivity index (χ0n) is 14.7. The Hall–Kier alpha value is -1.08. The molecule has 6 nitrogen and oxygen atoms in total. The van der Waals surface area contributed by atoms with E-state index in [2.05, 4.69) is 0 Å². The van der Waals surface area contributed by atoms with Gasteiger partial charge in [0.2, 0.25) is 0 Å². The van der Waals surface area contributed by atoms with Gasteiger partial charge in [0, 0.05) is 29.8 Å². The third kappa shape index (κ3) is 9.61. The Morgan fingerprint density at radius 1 is 1.04 bits per heavy atom. The summed E-state index contributed by atoms with van der Waals surface area (Å²) < 4.78 is 10.3. The van der Waals surface area contributed by atoms with Gasteiger partial charge in [0.15, 0.2) is 5.78 Å². The topological polar surface area (TPSA) is 95.7 Å². The number of thioether (sulfide) groups is 1. The minimum Gasteiger partial charge on any atom is -0.462 e. The summed E-state index contributed by atoms with van der Waals surface area (Å²) in [7, 11) is 0. The molecule has 2 N–H and O–H groups in total. The molecule has 0 aromatic rings. The maximum Gasteiger partial charge on any atom is 0.305 e. The van der Waals surface area contributed by atoms with Crippen LogP contribution in [0.2, 0.25) is 0 Å². The van der Waals surface area contributed by atoms with Crippen LogP contribution >= 0.6 is 11.8 Å². The molecule has 0 aliphatic heterocycles. The highest BCUT2D eigenvalue weighted by molar-refractivity contribution is 7.99. The molecule has 0 saturated heterocycles. The number of hydrogen-bond acceptors (Lipinski definition) is 7. The van der Waals surface area contributed by atoms with Crippen LogP contribution in [0, 0.1) is 5.41 Å². The van der Waals surface area contributed by atoms with Gasteiger partial charge in [0.1, 0.15) is 12.7 Å². The maximum atomic E-state index is 12.0. The van der Waals surface area contributed by atoms with E-state index in [0.29, 0.717) is 11.5 Å². The fraction of sp³-hybridized carbons (Fsp3) is 0.812. The summed E-state index contributed by atoms with van der Waals surface area (Å²) in [4.78, 5) is 34.7. The molecule has 0 spiro atoms. The smallest absolute Gasteiger partial charge is 0.305 e. The van der Waals surface area contributed by atoms with Crippen LogP contribution in [0.25, 0.3) is 0 Å². The Balaban J connectivity index is 4.39. The van der Waals surface area contributed by atoms with Gasteiger partial charge in [0.25, 0.3) is 0 Å². The van der Waals surface area contributed by atoms with Gasteiger partial charge in [-0.15, -0.1) is 0 Å². The molecular weight excluding hydrogens is 318 g/mol. The summed E-state index contributed by atoms with van der Waals surface area (Å²) in [5, 5.41) is 0. The lowest BCUT2D eigenvalue weighted by atomic mass is 9.87. The number of Topliss-reactive ketones (excluding diaryl/α,β-unsaturated/α-hetero) is 1. The Morgan fingerprint density at radius 3 is 2.09 bits per heavy atom. The molecule has 0 amide bonds. The van der Waals surface area contributed by atoms with Crippen LogP contribution < -0.4 is 5.73 Å². The second-order valence-corrected chi connectivity index (χ2v) is 7.34. The first-order valence-electron chi connectivity index (χ1n) is 7.84. The largest absolute Gasteiger partial charge is 0.462 e. The number of esters is 2. The Kier molecular flexibility index (Phi) is 10.1. The van der Waals surface area contributed by atoms with Crippen LogP contribution in [-0.4, -0.2) is 48.0 Å². The summed E-state index contributed by atoms with van der Waals surface area (Å²) in [5.41, 5.74) is 5.42. The van der Waals surface area contributed by atoms with Crippen molar-refractivity contribution in [1.82, 2.24) is 0 Å². The molecule has 0 heterocycles. The van der Waals surface area contributed by atoms with E-state index in [1.54, 1.807) is 13.8 Å². The lowest BCUT2D eigenvalue weighted by Crippen LogP contribution is -2.41. The van der Waals surface area contributed by atoms with Gasteiger partial charge in [-0.3, -0.25) is 14.4 Å². The van der Waals surface area contributed by atoms with Crippen molar-refractivity contribution >= 4 is 29.5 Å². The van der Waals surface area contributed by atoms with Gasteiger partial charge in [0.05, 0.1) is 6.04 Å². The quantitative estimate of drug-likeness (QED) is 0.603. The van der Waals surface area contributed by atoms with E-state index in [1.807, 2.05) is 20.8 Å². The summed E-state index contributed by atoms with van der Waals surface area (Å²) >= 11 is 1.41. The first kappa shape index (κ1) is 21.9. The number of hydrogen-bond donors (Lipinski definition) is 1. The van der Waals surface area contributed by atoms with Crippen LogP contribution in [0.15, 0.2) is 0 Å². The number of carbonyl (C=O) groups excluding carboxylic acids is 3. The lowest BCUT2D eigenvalue weighted by Gasteiger charge is -2.22. The van der Waals surface area contributed by atoms with Crippen molar-refractivity contribution < 1.29 is 23.9 Å². The third-order valence-corrected chi connectivity index (χ3v) is 4.19. The molecule has 0 fully saturated rings. The molecule has 0 unspecified atom stereocenters. The highest BCUT2D eigenvalue weighted by atomic mass is 32.2. The van der Waals surface area contributed by atoms with Crippen LogP contribution in [-0.2, 0) is 23.9 Å². The van der Waals surface area contributed by atoms with Crippen LogP contribution in [0.4, 0.5) is 0 Å². The minimum atomic E-state index is -0.569. The fourth-order valence-electron chi connectivity index (χ4n) is 1.63. The molecule has 7 heteroatoms. The molecule has 0 radical (unpaired) electrons. The number of carbonyl (C=O) groups is 3. The highest BCUT2D eigenvalue weighted by Gasteiger charge is 2.27. The standard InChI is InChI=1S/C16H29NO5S/c1-6-13(18)21-8-11(22-14(19)7-2)9-23-10-12(17)15(20)16(3,4)5/h11-12H,6-10,17H2,1-5H3/t11-,12+/m1/s1. The number of ketones is 1. The second kappa shape index (κ2) is 10.6. The van der Waals surface area contributed by atoms with E-state index in [-0.39, 0.29) is 37.2 Å². The van der Waals surface area contributed by atoms with Crippen LogP contribution in [0.3, 0.4) is 0 Å². The van der Waals surface area contributed by atoms with Gasteiger partial charge in [-0.1, -0.05) is 34.6 Å². The minimum absolute atomic E-state index is 0.00971. The van der Waals surface area contributed by atoms with Gasteiger partial charge >= 0.3 is 11.9 Å². The third-order valence-electron chi connectivity index (χ3n) is 2.98. The molecular formula is C16H29NO5S. The van der Waals surface area contributed by atoms with E-state index in [9.17, 15) is 14.4 Å². The van der Waals surface area contributed by atoms with Crippen LogP contribution in [0.1, 0.15) is 47.5 Å². The van der Waals surface area contributed by atoms with Gasteiger partial charge < -0.3 is 15.2 Å². The molecule has 0 aromatic heterocycles. The normalized spacial score (nSPS) is 14.0. The monoisotopic (exact) mass is 347 g/mol. The molecule has 0 saturated carbocycles. The van der Waals surface area contributed by atoms with E-state index < -0.39 is 17.6 Å². The SMILES string of the molecule is CCC(=O)OC[C@H](CSC[C@H](N)C(=O)C(C)(C)C)OC(=O)CC. The van der Waals surface area contributed by atoms with E-state index in [1.165, 1.54) is 11.8 Å². The summed E-state index contributed by atoms with van der Waals surface area (Å²) in [6, 6.07) is -0.569. The van der Waals surface area contributed by atoms with Crippen molar-refractivity contribution in [2.24, 2.45) is 11.1 Å². The van der Waals surface area contributed by atoms with E-state index >= 15 is 0 Å². The predicted molar refractivity (Wildman–Crippen MR) is 91.2 cm³/mol. The van der Waals surface area contributed by atoms with Gasteiger partial charge in [-0.2, -0.15) is 11.8 Å². The van der Waals surface area contributed by atoms with Crippen molar-refractivity contribution in [3.63, 3.8) is 0 Å². The molecule has 0 bridgehead atoms. The van der Waals surface area contributed by atoms with Crippen molar-refractivity contribution in [1.29, 1.82) is 0 Å². The van der Waals surface area contributed by atoms with E-state index in [4.69, 9.17) is 15.2 Å². The van der Waals surface area contributed by atoms with Gasteiger partial charge in [-0.05, 0) is 0 Å². The molecule has 0 aliphatic carbocycles. The molecule has 0 aromatic carbocycles. The van der Waals surface area contributed by atoms with Crippen molar-refractivity contribution in [3.8, 4) is 0 Å². The molecule has 23 heavy (non-hydrogen) atoms. The molecule has 2 atom stereocenters. The molecule has 134 valence electrons. The van der Waals surface area contributed by atoms with Crippen molar-refractivity contribution in [2.45, 2.75) is 59.6 Å². The summed E-state index contributed by atoms with van der Waals surface area (Å²) in [6.45, 7) is 8.90. The zero-order valence-corrected chi connectivity index (χ0v) is 15.5. The van der Waals surface area contributed by atoms with Crippen molar-refractivity contribution in [3.05, 3.63) is 0 Å². The molecule has 0 rings (SSSR count). The Morgan fingerprint density at radius 2 is 1.61 bits per heavy atom. The first-order valence-corrected chi connectivity index (χ1v) is 9.00. The lowest BCUT2D eigenvalue weighted by molar-refractivity contribution is -0.157. The number of ether oxygens (including phenoxy) is 2. The summed E-state index contributed by atoms with van der Waals surface area (Å²) in [6.07, 6.45) is -0.00262. The highest BCUT2D eigenvalue weighted by Crippen LogP contribution is 2.18. The van der Waals surface area contributed by atoms with Crippen LogP contribution in [0.5, 0.6) is 0 Å². The second-order valence-electron chi connectivity index (χ2n) is 6.26. The predicted octanol–water partition coefficient (Wildman–Crippen LogP) is 1.94. The number of rotatable bonds is 10. The van der Waals surface area contributed by atoms with E-state index in [0.717, 1.165) is 0 Å². The fourth-order valence-corrected chi connectivity index (χ4v) is 2.60. The average molecular weight is 347 g/mol. The van der Waals surface area contributed by atoms with Gasteiger partial charge in [-0.25, -0.2) is 0 Å².